The van der Waals surface area contributed by atoms with E-state index in [1.165, 1.54) is 38.6 Å². The molecule has 0 atom stereocenters. The second kappa shape index (κ2) is 6.49. The van der Waals surface area contributed by atoms with E-state index in [2.05, 4.69) is 19.2 Å². The number of nitrogens with one attached hydrogen (secondary N) is 1. The van der Waals surface area contributed by atoms with Crippen molar-refractivity contribution in [3.63, 3.8) is 0 Å². The summed E-state index contributed by atoms with van der Waals surface area (Å²) in [6.07, 6.45) is 6.99. The van der Waals surface area contributed by atoms with Crippen LogP contribution in [0, 0.1) is 11.3 Å². The van der Waals surface area contributed by atoms with Gasteiger partial charge >= 0.3 is 0 Å². The van der Waals surface area contributed by atoms with Crippen molar-refractivity contribution in [2.75, 3.05) is 26.8 Å². The molecule has 0 amide bonds. The highest BCUT2D eigenvalue weighted by Gasteiger charge is 2.42. The highest BCUT2D eigenvalue weighted by Crippen LogP contribution is 2.50. The maximum absolute atomic E-state index is 5.04. The van der Waals surface area contributed by atoms with Crippen molar-refractivity contribution in [1.82, 2.24) is 5.32 Å². The van der Waals surface area contributed by atoms with E-state index in [0.717, 1.165) is 19.1 Å². The summed E-state index contributed by atoms with van der Waals surface area (Å²) in [4.78, 5) is 0. The predicted molar refractivity (Wildman–Crippen MR) is 65.1 cm³/mol. The number of ether oxygens (including phenoxy) is 1. The molecular weight excluding hydrogens is 186 g/mol. The first-order valence-electron chi connectivity index (χ1n) is 6.46. The van der Waals surface area contributed by atoms with E-state index in [4.69, 9.17) is 4.74 Å². The van der Waals surface area contributed by atoms with Crippen LogP contribution in [0.3, 0.4) is 0 Å². The molecule has 1 N–H and O–H groups in total. The molecule has 0 aliphatic heterocycles. The standard InChI is InChI=1S/C13H27NO/c1-4-12(5-2)10-13(6-7-13)11-14-8-9-15-3/h12,14H,4-11H2,1-3H3. The van der Waals surface area contributed by atoms with Gasteiger partial charge in [-0.25, -0.2) is 0 Å². The third-order valence-corrected chi connectivity index (χ3v) is 3.82. The molecule has 2 heteroatoms. The van der Waals surface area contributed by atoms with Crippen molar-refractivity contribution in [3.8, 4) is 0 Å². The van der Waals surface area contributed by atoms with Crippen molar-refractivity contribution in [3.05, 3.63) is 0 Å². The van der Waals surface area contributed by atoms with Crippen LogP contribution in [-0.2, 0) is 4.74 Å². The Morgan fingerprint density at radius 2 is 1.93 bits per heavy atom. The fourth-order valence-corrected chi connectivity index (χ4v) is 2.35. The summed E-state index contributed by atoms with van der Waals surface area (Å²) in [5.41, 5.74) is 0.657. The van der Waals surface area contributed by atoms with Gasteiger partial charge in [-0.3, -0.25) is 0 Å². The van der Waals surface area contributed by atoms with Crippen molar-refractivity contribution >= 4 is 0 Å². The van der Waals surface area contributed by atoms with Gasteiger partial charge in [-0.15, -0.1) is 0 Å². The first-order chi connectivity index (χ1) is 7.26. The smallest absolute Gasteiger partial charge is 0.0587 e. The fraction of sp³-hybridized carbons (Fsp3) is 1.00. The predicted octanol–water partition coefficient (Wildman–Crippen LogP) is 2.83. The molecule has 1 aliphatic carbocycles. The van der Waals surface area contributed by atoms with Crippen molar-refractivity contribution in [2.24, 2.45) is 11.3 Å². The molecule has 0 unspecified atom stereocenters. The second-order valence-corrected chi connectivity index (χ2v) is 5.06. The molecule has 0 aromatic heterocycles. The van der Waals surface area contributed by atoms with Gasteiger partial charge in [-0.1, -0.05) is 26.7 Å². The molecule has 0 heterocycles. The second-order valence-electron chi connectivity index (χ2n) is 5.06. The fourth-order valence-electron chi connectivity index (χ4n) is 2.35. The summed E-state index contributed by atoms with van der Waals surface area (Å²) in [7, 11) is 1.76. The van der Waals surface area contributed by atoms with E-state index in [9.17, 15) is 0 Å². The summed E-state index contributed by atoms with van der Waals surface area (Å²) in [5, 5.41) is 3.52. The Labute approximate surface area is 94.8 Å². The minimum atomic E-state index is 0.657. The molecule has 1 saturated carbocycles. The minimum Gasteiger partial charge on any atom is -0.383 e. The molecule has 0 aromatic carbocycles. The Hall–Kier alpha value is -0.0800. The zero-order valence-electron chi connectivity index (χ0n) is 10.6. The maximum Gasteiger partial charge on any atom is 0.0587 e. The lowest BCUT2D eigenvalue weighted by molar-refractivity contribution is 0.195. The maximum atomic E-state index is 5.04. The number of methoxy groups -OCH3 is 1. The highest BCUT2D eigenvalue weighted by atomic mass is 16.5. The van der Waals surface area contributed by atoms with Crippen LogP contribution in [-0.4, -0.2) is 26.8 Å². The molecule has 0 bridgehead atoms. The zero-order valence-corrected chi connectivity index (χ0v) is 10.6. The van der Waals surface area contributed by atoms with Gasteiger partial charge in [0.25, 0.3) is 0 Å². The molecule has 15 heavy (non-hydrogen) atoms. The Bertz CT molecular complexity index is 162. The third kappa shape index (κ3) is 4.52. The molecule has 90 valence electrons. The van der Waals surface area contributed by atoms with Gasteiger partial charge in [0.1, 0.15) is 0 Å². The first-order valence-corrected chi connectivity index (χ1v) is 6.46. The largest absolute Gasteiger partial charge is 0.383 e. The van der Waals surface area contributed by atoms with Gasteiger partial charge in [0.2, 0.25) is 0 Å². The Morgan fingerprint density at radius 1 is 1.27 bits per heavy atom. The van der Waals surface area contributed by atoms with Crippen molar-refractivity contribution in [1.29, 1.82) is 0 Å². The van der Waals surface area contributed by atoms with Crippen LogP contribution in [0.2, 0.25) is 0 Å². The summed E-state index contributed by atoms with van der Waals surface area (Å²) in [6, 6.07) is 0. The van der Waals surface area contributed by atoms with E-state index in [-0.39, 0.29) is 0 Å². The molecule has 1 aliphatic rings. The zero-order chi connectivity index (χ0) is 11.1. The van der Waals surface area contributed by atoms with Gasteiger partial charge in [0.15, 0.2) is 0 Å². The topological polar surface area (TPSA) is 21.3 Å². The van der Waals surface area contributed by atoms with E-state index < -0.39 is 0 Å². The summed E-state index contributed by atoms with van der Waals surface area (Å²) >= 11 is 0. The summed E-state index contributed by atoms with van der Waals surface area (Å²) in [6.45, 7) is 7.68. The van der Waals surface area contributed by atoms with Gasteiger partial charge in [-0.05, 0) is 30.6 Å². The molecule has 1 fully saturated rings. The molecule has 2 nitrogen and oxygen atoms in total. The lowest BCUT2D eigenvalue weighted by Gasteiger charge is -2.21. The summed E-state index contributed by atoms with van der Waals surface area (Å²) < 4.78 is 5.04. The van der Waals surface area contributed by atoms with E-state index >= 15 is 0 Å². The van der Waals surface area contributed by atoms with Crippen LogP contribution in [0.15, 0.2) is 0 Å². The van der Waals surface area contributed by atoms with E-state index in [1.807, 2.05) is 0 Å². The molecule has 0 spiro atoms. The van der Waals surface area contributed by atoms with Crippen molar-refractivity contribution in [2.45, 2.75) is 46.0 Å². The highest BCUT2D eigenvalue weighted by molar-refractivity contribution is 4.95. The van der Waals surface area contributed by atoms with Crippen LogP contribution in [0.5, 0.6) is 0 Å². The number of hydrogen-bond donors (Lipinski definition) is 1. The lowest BCUT2D eigenvalue weighted by atomic mass is 9.88. The Balaban J connectivity index is 2.15. The number of hydrogen-bond acceptors (Lipinski definition) is 2. The molecule has 0 radical (unpaired) electrons. The Morgan fingerprint density at radius 3 is 2.40 bits per heavy atom. The van der Waals surface area contributed by atoms with Crippen LogP contribution >= 0.6 is 0 Å². The monoisotopic (exact) mass is 213 g/mol. The molecule has 1 rings (SSSR count). The average Bonchev–Trinajstić information content (AvgIpc) is 3.02. The normalized spacial score (nSPS) is 18.4. The van der Waals surface area contributed by atoms with Gasteiger partial charge in [-0.2, -0.15) is 0 Å². The quantitative estimate of drug-likeness (QED) is 0.595. The van der Waals surface area contributed by atoms with Crippen LogP contribution in [0.4, 0.5) is 0 Å². The lowest BCUT2D eigenvalue weighted by Crippen LogP contribution is -2.28. The van der Waals surface area contributed by atoms with Crippen LogP contribution < -0.4 is 5.32 Å². The molecular formula is C13H27NO. The molecule has 0 aromatic rings. The third-order valence-electron chi connectivity index (χ3n) is 3.82. The van der Waals surface area contributed by atoms with Gasteiger partial charge < -0.3 is 10.1 Å². The van der Waals surface area contributed by atoms with E-state index in [1.54, 1.807) is 7.11 Å². The van der Waals surface area contributed by atoms with Gasteiger partial charge in [0, 0.05) is 20.2 Å². The SMILES string of the molecule is CCC(CC)CC1(CNCCOC)CC1. The van der Waals surface area contributed by atoms with Gasteiger partial charge in [0.05, 0.1) is 6.61 Å². The minimum absolute atomic E-state index is 0.657. The molecule has 0 saturated heterocycles. The average molecular weight is 213 g/mol. The van der Waals surface area contributed by atoms with Crippen LogP contribution in [0.1, 0.15) is 46.0 Å². The number of rotatable bonds is 9. The Kier molecular flexibility index (Phi) is 5.62. The van der Waals surface area contributed by atoms with Crippen LogP contribution in [0.25, 0.3) is 0 Å². The summed E-state index contributed by atoms with van der Waals surface area (Å²) in [5.74, 6) is 0.941. The first kappa shape index (κ1) is 13.0. The van der Waals surface area contributed by atoms with Crippen molar-refractivity contribution < 1.29 is 4.74 Å². The van der Waals surface area contributed by atoms with E-state index in [0.29, 0.717) is 5.41 Å².